The number of anilines is 3. The van der Waals surface area contributed by atoms with E-state index >= 15 is 0 Å². The summed E-state index contributed by atoms with van der Waals surface area (Å²) in [6, 6.07) is 90.9. The monoisotopic (exact) mass is 731 g/mol. The minimum atomic E-state index is -2.81. The molecule has 9 aromatic rings. The SMILES string of the molecule is c1ccc(-c2ccc(N(c3cccc([Si](c4ccccc4)(c4ccccc4)c4ccccc4)c3)c3ccccc3-c3ccccc3)c(-c3ccccc3)c2)cc1. The lowest BCUT2D eigenvalue weighted by atomic mass is 9.95. The topological polar surface area (TPSA) is 3.24 Å². The van der Waals surface area contributed by atoms with E-state index in [4.69, 9.17) is 0 Å². The number of benzene rings is 9. The molecular weight excluding hydrogens is 691 g/mol. The molecule has 0 spiro atoms. The molecule has 0 unspecified atom stereocenters. The highest BCUT2D eigenvalue weighted by atomic mass is 28.3. The van der Waals surface area contributed by atoms with E-state index in [1.165, 1.54) is 48.6 Å². The van der Waals surface area contributed by atoms with Gasteiger partial charge in [0.05, 0.1) is 11.4 Å². The predicted octanol–water partition coefficient (Wildman–Crippen LogP) is 11.5. The van der Waals surface area contributed by atoms with E-state index in [-0.39, 0.29) is 0 Å². The summed E-state index contributed by atoms with van der Waals surface area (Å²) in [5, 5.41) is 5.37. The molecular formula is C54H41NSi. The van der Waals surface area contributed by atoms with Gasteiger partial charge in [0.2, 0.25) is 0 Å². The van der Waals surface area contributed by atoms with Gasteiger partial charge < -0.3 is 4.90 Å². The molecule has 0 aliphatic heterocycles. The number of hydrogen-bond acceptors (Lipinski definition) is 1. The second-order valence-corrected chi connectivity index (χ2v) is 17.9. The molecule has 56 heavy (non-hydrogen) atoms. The van der Waals surface area contributed by atoms with Crippen LogP contribution in [0.3, 0.4) is 0 Å². The van der Waals surface area contributed by atoms with Gasteiger partial charge in [0.1, 0.15) is 0 Å². The van der Waals surface area contributed by atoms with E-state index < -0.39 is 8.07 Å². The lowest BCUT2D eigenvalue weighted by Gasteiger charge is -2.36. The number of hydrogen-bond donors (Lipinski definition) is 0. The quantitative estimate of drug-likeness (QED) is 0.1000. The van der Waals surface area contributed by atoms with Gasteiger partial charge in [0.25, 0.3) is 0 Å². The van der Waals surface area contributed by atoms with Crippen LogP contribution in [0.5, 0.6) is 0 Å². The molecule has 0 amide bonds. The van der Waals surface area contributed by atoms with Gasteiger partial charge >= 0.3 is 0 Å². The summed E-state index contributed by atoms with van der Waals surface area (Å²) in [7, 11) is -2.81. The van der Waals surface area contributed by atoms with Crippen molar-refractivity contribution in [1.82, 2.24) is 0 Å². The zero-order chi connectivity index (χ0) is 37.6. The maximum atomic E-state index is 2.49. The molecule has 0 heterocycles. The molecule has 9 rings (SSSR count). The average molecular weight is 732 g/mol. The molecule has 0 aliphatic carbocycles. The van der Waals surface area contributed by atoms with Crippen molar-refractivity contribution in [2.75, 3.05) is 4.90 Å². The fourth-order valence-corrected chi connectivity index (χ4v) is 13.1. The van der Waals surface area contributed by atoms with Gasteiger partial charge in [-0.15, -0.1) is 0 Å². The van der Waals surface area contributed by atoms with E-state index in [1.54, 1.807) is 0 Å². The molecule has 2 heteroatoms. The lowest BCUT2D eigenvalue weighted by molar-refractivity contribution is 1.29. The van der Waals surface area contributed by atoms with Gasteiger partial charge in [-0.3, -0.25) is 0 Å². The number of nitrogens with zero attached hydrogens (tertiary/aromatic N) is 1. The normalized spacial score (nSPS) is 11.2. The van der Waals surface area contributed by atoms with Crippen molar-refractivity contribution < 1.29 is 0 Å². The van der Waals surface area contributed by atoms with Crippen LogP contribution in [-0.2, 0) is 0 Å². The largest absolute Gasteiger partial charge is 0.309 e. The van der Waals surface area contributed by atoms with Crippen molar-refractivity contribution in [3.05, 3.63) is 249 Å². The van der Waals surface area contributed by atoms with E-state index in [0.29, 0.717) is 0 Å². The lowest BCUT2D eigenvalue weighted by Crippen LogP contribution is -2.74. The van der Waals surface area contributed by atoms with E-state index in [1.807, 2.05) is 0 Å². The maximum Gasteiger partial charge on any atom is 0.179 e. The van der Waals surface area contributed by atoms with Crippen LogP contribution in [-0.4, -0.2) is 8.07 Å². The van der Waals surface area contributed by atoms with E-state index in [2.05, 4.69) is 254 Å². The summed E-state index contributed by atoms with van der Waals surface area (Å²) in [6.45, 7) is 0. The Kier molecular flexibility index (Phi) is 9.78. The van der Waals surface area contributed by atoms with Crippen LogP contribution in [0.4, 0.5) is 17.1 Å². The van der Waals surface area contributed by atoms with Crippen molar-refractivity contribution >= 4 is 45.9 Å². The molecule has 266 valence electrons. The molecule has 0 atom stereocenters. The second-order valence-electron chi connectivity index (χ2n) is 14.1. The Morgan fingerprint density at radius 3 is 1.20 bits per heavy atom. The van der Waals surface area contributed by atoms with Crippen LogP contribution in [0.2, 0.25) is 0 Å². The van der Waals surface area contributed by atoms with Crippen molar-refractivity contribution in [2.45, 2.75) is 0 Å². The van der Waals surface area contributed by atoms with Crippen molar-refractivity contribution in [2.24, 2.45) is 0 Å². The first-order valence-electron chi connectivity index (χ1n) is 19.3. The van der Waals surface area contributed by atoms with Gasteiger partial charge in [0.15, 0.2) is 8.07 Å². The first kappa shape index (κ1) is 34.7. The molecule has 0 radical (unpaired) electrons. The van der Waals surface area contributed by atoms with Gasteiger partial charge in [-0.2, -0.15) is 0 Å². The second kappa shape index (κ2) is 15.8. The standard InChI is InChI=1S/C54H41NSi/c1-7-22-42(23-8-1)45-38-39-54(52(40-45)44-26-11-3-12-27-44)55(53-37-20-19-36-51(53)43-24-9-2-10-25-43)46-28-21-35-50(41-46)56(47-29-13-4-14-30-47,48-31-15-5-16-32-48)49-33-17-6-18-34-49/h1-41H. The summed E-state index contributed by atoms with van der Waals surface area (Å²) >= 11 is 0. The third-order valence-electron chi connectivity index (χ3n) is 10.8. The Labute approximate surface area is 331 Å². The Bertz CT molecular complexity index is 2570. The van der Waals surface area contributed by atoms with Crippen LogP contribution in [0.15, 0.2) is 249 Å². The van der Waals surface area contributed by atoms with Crippen molar-refractivity contribution in [3.63, 3.8) is 0 Å². The molecule has 0 fully saturated rings. The van der Waals surface area contributed by atoms with Crippen molar-refractivity contribution in [1.29, 1.82) is 0 Å². The first-order chi connectivity index (χ1) is 27.8. The molecule has 0 aromatic heterocycles. The van der Waals surface area contributed by atoms with E-state index in [0.717, 1.165) is 22.6 Å². The summed E-state index contributed by atoms with van der Waals surface area (Å²) in [5.41, 5.74) is 10.4. The van der Waals surface area contributed by atoms with Crippen LogP contribution in [0, 0.1) is 0 Å². The molecule has 0 saturated carbocycles. The Morgan fingerprint density at radius 1 is 0.250 bits per heavy atom. The molecule has 1 nitrogen and oxygen atoms in total. The molecule has 0 aliphatic rings. The smallest absolute Gasteiger partial charge is 0.179 e. The minimum Gasteiger partial charge on any atom is -0.309 e. The summed E-state index contributed by atoms with van der Waals surface area (Å²) in [6.07, 6.45) is 0. The predicted molar refractivity (Wildman–Crippen MR) is 241 cm³/mol. The third kappa shape index (κ3) is 6.57. The van der Waals surface area contributed by atoms with Gasteiger partial charge in [-0.1, -0.05) is 218 Å². The molecule has 0 N–H and O–H groups in total. The Hall–Kier alpha value is -7.00. The summed E-state index contributed by atoms with van der Waals surface area (Å²) < 4.78 is 0. The summed E-state index contributed by atoms with van der Waals surface area (Å²) in [5.74, 6) is 0. The molecule has 9 aromatic carbocycles. The number of para-hydroxylation sites is 1. The van der Waals surface area contributed by atoms with Crippen molar-refractivity contribution in [3.8, 4) is 33.4 Å². The van der Waals surface area contributed by atoms with Crippen LogP contribution in [0.1, 0.15) is 0 Å². The highest BCUT2D eigenvalue weighted by Gasteiger charge is 2.41. The Morgan fingerprint density at radius 2 is 0.661 bits per heavy atom. The molecule has 0 saturated heterocycles. The molecule has 0 bridgehead atoms. The van der Waals surface area contributed by atoms with Crippen LogP contribution in [0.25, 0.3) is 33.4 Å². The van der Waals surface area contributed by atoms with Gasteiger partial charge in [-0.25, -0.2) is 0 Å². The fourth-order valence-electron chi connectivity index (χ4n) is 8.27. The fraction of sp³-hybridized carbons (Fsp3) is 0. The number of rotatable bonds is 10. The van der Waals surface area contributed by atoms with Crippen LogP contribution >= 0.6 is 0 Å². The Balaban J connectivity index is 1.35. The summed E-state index contributed by atoms with van der Waals surface area (Å²) in [4.78, 5) is 2.49. The third-order valence-corrected chi connectivity index (χ3v) is 15.6. The highest BCUT2D eigenvalue weighted by Crippen LogP contribution is 2.45. The average Bonchev–Trinajstić information content (AvgIpc) is 3.29. The maximum absolute atomic E-state index is 2.81. The first-order valence-corrected chi connectivity index (χ1v) is 21.3. The van der Waals surface area contributed by atoms with Gasteiger partial charge in [-0.05, 0) is 73.3 Å². The zero-order valence-corrected chi connectivity index (χ0v) is 32.1. The highest BCUT2D eigenvalue weighted by molar-refractivity contribution is 7.19. The van der Waals surface area contributed by atoms with E-state index in [9.17, 15) is 0 Å². The minimum absolute atomic E-state index is 1.11. The van der Waals surface area contributed by atoms with Crippen LogP contribution < -0.4 is 25.6 Å². The van der Waals surface area contributed by atoms with Gasteiger partial charge in [0, 0.05) is 16.8 Å². The zero-order valence-electron chi connectivity index (χ0n) is 31.1.